The Hall–Kier alpha value is -2.57. The number of aryl methyl sites for hydroxylation is 1. The summed E-state index contributed by atoms with van der Waals surface area (Å²) in [5.41, 5.74) is 3.33. The summed E-state index contributed by atoms with van der Waals surface area (Å²) in [6.07, 6.45) is 1.66. The van der Waals surface area contributed by atoms with Crippen LogP contribution in [0.25, 0.3) is 10.9 Å². The van der Waals surface area contributed by atoms with E-state index >= 15 is 0 Å². The Kier molecular flexibility index (Phi) is 3.25. The zero-order valence-corrected chi connectivity index (χ0v) is 12.0. The van der Waals surface area contributed by atoms with Crippen molar-refractivity contribution in [1.82, 2.24) is 4.98 Å². The van der Waals surface area contributed by atoms with E-state index in [0.717, 1.165) is 16.5 Å². The van der Waals surface area contributed by atoms with Crippen LogP contribution in [0.1, 0.15) is 27.0 Å². The van der Waals surface area contributed by atoms with Crippen LogP contribution in [0.5, 0.6) is 0 Å². The van der Waals surface area contributed by atoms with Crippen molar-refractivity contribution in [3.63, 3.8) is 0 Å². The van der Waals surface area contributed by atoms with E-state index in [0.29, 0.717) is 21.7 Å². The largest absolute Gasteiger partial charge is 0.360 e. The molecule has 102 valence electrons. The quantitative estimate of drug-likeness (QED) is 0.719. The minimum absolute atomic E-state index is 0.152. The molecule has 0 fully saturated rings. The van der Waals surface area contributed by atoms with Crippen molar-refractivity contribution in [3.8, 4) is 6.07 Å². The first-order valence-corrected chi connectivity index (χ1v) is 6.80. The Balaban J connectivity index is 2.16. The molecule has 2 aromatic carbocycles. The van der Waals surface area contributed by atoms with E-state index in [2.05, 4.69) is 11.1 Å². The number of ketones is 1. The molecule has 4 heteroatoms. The molecule has 1 heterocycles. The van der Waals surface area contributed by atoms with Crippen molar-refractivity contribution < 1.29 is 4.79 Å². The van der Waals surface area contributed by atoms with Crippen LogP contribution in [-0.4, -0.2) is 10.8 Å². The summed E-state index contributed by atoms with van der Waals surface area (Å²) >= 11 is 6.17. The van der Waals surface area contributed by atoms with E-state index in [1.165, 1.54) is 0 Å². The lowest BCUT2D eigenvalue weighted by atomic mass is 10.0. The number of H-pyrrole nitrogens is 1. The summed E-state index contributed by atoms with van der Waals surface area (Å²) in [5, 5.41) is 10.2. The van der Waals surface area contributed by atoms with Gasteiger partial charge in [-0.2, -0.15) is 5.26 Å². The number of nitriles is 1. The minimum atomic E-state index is -0.152. The van der Waals surface area contributed by atoms with Gasteiger partial charge in [-0.1, -0.05) is 17.7 Å². The number of nitrogens with one attached hydrogen (secondary N) is 1. The van der Waals surface area contributed by atoms with Crippen LogP contribution >= 0.6 is 11.6 Å². The van der Waals surface area contributed by atoms with Crippen molar-refractivity contribution in [2.24, 2.45) is 0 Å². The molecule has 1 N–H and O–H groups in total. The first-order valence-electron chi connectivity index (χ1n) is 6.42. The molecule has 3 nitrogen and oxygen atoms in total. The molecule has 0 amide bonds. The van der Waals surface area contributed by atoms with Gasteiger partial charge < -0.3 is 4.98 Å². The van der Waals surface area contributed by atoms with Crippen LogP contribution in [0.3, 0.4) is 0 Å². The van der Waals surface area contributed by atoms with Gasteiger partial charge in [0.25, 0.3) is 0 Å². The fourth-order valence-corrected chi connectivity index (χ4v) is 2.65. The van der Waals surface area contributed by atoms with Gasteiger partial charge in [-0.05, 0) is 42.8 Å². The van der Waals surface area contributed by atoms with E-state index in [-0.39, 0.29) is 5.78 Å². The molecule has 0 spiro atoms. The molecular weight excluding hydrogens is 284 g/mol. The molecule has 0 saturated carbocycles. The predicted molar refractivity (Wildman–Crippen MR) is 82.6 cm³/mol. The predicted octanol–water partition coefficient (Wildman–Crippen LogP) is 4.23. The lowest BCUT2D eigenvalue weighted by Crippen LogP contribution is -2.01. The van der Waals surface area contributed by atoms with Crippen molar-refractivity contribution in [3.05, 3.63) is 69.9 Å². The third-order valence-corrected chi connectivity index (χ3v) is 3.74. The van der Waals surface area contributed by atoms with Gasteiger partial charge >= 0.3 is 0 Å². The Morgan fingerprint density at radius 3 is 2.71 bits per heavy atom. The lowest BCUT2D eigenvalue weighted by molar-refractivity contribution is 0.104. The first-order chi connectivity index (χ1) is 10.1. The molecule has 3 rings (SSSR count). The molecule has 0 aliphatic rings. The van der Waals surface area contributed by atoms with Crippen molar-refractivity contribution >= 4 is 28.3 Å². The molecule has 0 saturated heterocycles. The maximum atomic E-state index is 12.7. The van der Waals surface area contributed by atoms with Gasteiger partial charge in [-0.3, -0.25) is 4.79 Å². The van der Waals surface area contributed by atoms with E-state index in [4.69, 9.17) is 16.9 Å². The van der Waals surface area contributed by atoms with Gasteiger partial charge in [0.1, 0.15) is 0 Å². The smallest absolute Gasteiger partial charge is 0.196 e. The lowest BCUT2D eigenvalue weighted by Gasteiger charge is -2.04. The summed E-state index contributed by atoms with van der Waals surface area (Å²) in [6.45, 7) is 1.92. The second-order valence-corrected chi connectivity index (χ2v) is 5.29. The monoisotopic (exact) mass is 294 g/mol. The normalized spacial score (nSPS) is 10.5. The highest BCUT2D eigenvalue weighted by molar-refractivity contribution is 6.35. The van der Waals surface area contributed by atoms with Crippen LogP contribution < -0.4 is 0 Å². The number of hydrogen-bond acceptors (Lipinski definition) is 2. The molecule has 0 aliphatic heterocycles. The van der Waals surface area contributed by atoms with Gasteiger partial charge in [-0.25, -0.2) is 0 Å². The average molecular weight is 295 g/mol. The number of hydrogen-bond donors (Lipinski definition) is 1. The highest BCUT2D eigenvalue weighted by Gasteiger charge is 2.17. The summed E-state index contributed by atoms with van der Waals surface area (Å²) in [4.78, 5) is 15.7. The van der Waals surface area contributed by atoms with Gasteiger partial charge in [-0.15, -0.1) is 0 Å². The number of fused-ring (bicyclic) bond motifs is 1. The average Bonchev–Trinajstić information content (AvgIpc) is 2.89. The molecule has 0 bridgehead atoms. The highest BCUT2D eigenvalue weighted by atomic mass is 35.5. The van der Waals surface area contributed by atoms with Crippen LogP contribution in [0, 0.1) is 18.3 Å². The number of carbonyl (C=O) groups excluding carboxylic acids is 1. The van der Waals surface area contributed by atoms with Crippen molar-refractivity contribution in [1.29, 1.82) is 5.26 Å². The Bertz CT molecular complexity index is 903. The minimum Gasteiger partial charge on any atom is -0.360 e. The molecule has 21 heavy (non-hydrogen) atoms. The fourth-order valence-electron chi connectivity index (χ4n) is 2.33. The molecule has 1 aromatic heterocycles. The number of halogens is 1. The topological polar surface area (TPSA) is 56.6 Å². The van der Waals surface area contributed by atoms with Crippen LogP contribution in [0.4, 0.5) is 0 Å². The maximum Gasteiger partial charge on any atom is 0.196 e. The van der Waals surface area contributed by atoms with Crippen LogP contribution in [0.15, 0.2) is 42.6 Å². The number of rotatable bonds is 2. The highest BCUT2D eigenvalue weighted by Crippen LogP contribution is 2.26. The number of aromatic nitrogens is 1. The van der Waals surface area contributed by atoms with E-state index in [1.807, 2.05) is 13.0 Å². The second kappa shape index (κ2) is 5.08. The third-order valence-electron chi connectivity index (χ3n) is 3.42. The summed E-state index contributed by atoms with van der Waals surface area (Å²) in [6, 6.07) is 12.7. The molecule has 0 atom stereocenters. The standard InChI is InChI=1S/C17H11ClN2O/c1-10-2-4-12(15(18)6-10)17(21)14-9-20-16-5-3-11(8-19)7-13(14)16/h2-7,9,20H,1H3. The van der Waals surface area contributed by atoms with Gasteiger partial charge in [0.05, 0.1) is 16.7 Å². The number of aromatic amines is 1. The van der Waals surface area contributed by atoms with Crippen molar-refractivity contribution in [2.75, 3.05) is 0 Å². The van der Waals surface area contributed by atoms with E-state index in [9.17, 15) is 4.79 Å². The third kappa shape index (κ3) is 2.31. The Morgan fingerprint density at radius 2 is 2.00 bits per heavy atom. The Morgan fingerprint density at radius 1 is 1.19 bits per heavy atom. The molecular formula is C17H11ClN2O. The SMILES string of the molecule is Cc1ccc(C(=O)c2c[nH]c3ccc(C#N)cc23)c(Cl)c1. The van der Waals surface area contributed by atoms with Crippen LogP contribution in [0.2, 0.25) is 5.02 Å². The van der Waals surface area contributed by atoms with E-state index < -0.39 is 0 Å². The number of nitrogens with zero attached hydrogens (tertiary/aromatic N) is 1. The molecule has 0 radical (unpaired) electrons. The second-order valence-electron chi connectivity index (χ2n) is 4.89. The zero-order chi connectivity index (χ0) is 15.0. The summed E-state index contributed by atoms with van der Waals surface area (Å²) in [7, 11) is 0. The van der Waals surface area contributed by atoms with E-state index in [1.54, 1.807) is 36.5 Å². The number of benzene rings is 2. The summed E-state index contributed by atoms with van der Waals surface area (Å²) in [5.74, 6) is -0.152. The first kappa shape index (κ1) is 13.4. The maximum absolute atomic E-state index is 12.7. The van der Waals surface area contributed by atoms with Crippen LogP contribution in [-0.2, 0) is 0 Å². The molecule has 0 unspecified atom stereocenters. The Labute approximate surface area is 126 Å². The van der Waals surface area contributed by atoms with Gasteiger partial charge in [0, 0.05) is 28.2 Å². The summed E-state index contributed by atoms with van der Waals surface area (Å²) < 4.78 is 0. The van der Waals surface area contributed by atoms with Gasteiger partial charge in [0.15, 0.2) is 5.78 Å². The van der Waals surface area contributed by atoms with Gasteiger partial charge in [0.2, 0.25) is 0 Å². The molecule has 3 aromatic rings. The number of carbonyl (C=O) groups is 1. The fraction of sp³-hybridized carbons (Fsp3) is 0.0588. The zero-order valence-electron chi connectivity index (χ0n) is 11.3. The molecule has 0 aliphatic carbocycles. The van der Waals surface area contributed by atoms with Crippen molar-refractivity contribution in [2.45, 2.75) is 6.92 Å².